The molecule has 21 heavy (non-hydrogen) atoms. The Kier molecular flexibility index (Phi) is 3.07. The van der Waals surface area contributed by atoms with Crippen molar-refractivity contribution in [2.75, 3.05) is 13.1 Å². The molecule has 2 N–H and O–H groups in total. The molecule has 7 nitrogen and oxygen atoms in total. The van der Waals surface area contributed by atoms with Crippen LogP contribution < -0.4 is 5.59 Å². The van der Waals surface area contributed by atoms with Crippen molar-refractivity contribution in [3.63, 3.8) is 0 Å². The average Bonchev–Trinajstić information content (AvgIpc) is 2.80. The van der Waals surface area contributed by atoms with Crippen LogP contribution in [-0.2, 0) is 16.7 Å². The molecule has 2 aliphatic heterocycles. The maximum atomic E-state index is 12.0. The second-order valence-corrected chi connectivity index (χ2v) is 6.92. The molecule has 3 rings (SSSR count). The molecule has 0 radical (unpaired) electrons. The van der Waals surface area contributed by atoms with E-state index in [9.17, 15) is 14.8 Å². The van der Waals surface area contributed by atoms with Gasteiger partial charge in [-0.15, -0.1) is 0 Å². The van der Waals surface area contributed by atoms with E-state index < -0.39 is 12.7 Å². The Hall–Kier alpha value is -1.54. The van der Waals surface area contributed by atoms with Crippen molar-refractivity contribution in [2.45, 2.75) is 44.8 Å². The highest BCUT2D eigenvalue weighted by molar-refractivity contribution is 6.57. The number of ether oxygens (including phenoxy) is 1. The summed E-state index contributed by atoms with van der Waals surface area (Å²) in [5.41, 5.74) is 0.632. The van der Waals surface area contributed by atoms with E-state index in [4.69, 9.17) is 4.74 Å². The zero-order valence-corrected chi connectivity index (χ0v) is 12.5. The van der Waals surface area contributed by atoms with Gasteiger partial charge in [0.15, 0.2) is 0 Å². The standard InChI is InChI=1S/C13H20BN3O4/c1-12(2,3)21-11(18)16-7-13(8-16)4-5-17-9(13)6-10(15-17)14(19)20/h6,19-20H,4-5,7-8H2,1-3H3. The molecule has 0 bridgehead atoms. The lowest BCUT2D eigenvalue weighted by Gasteiger charge is -2.47. The number of hydrogen-bond acceptors (Lipinski definition) is 5. The normalized spacial score (nSPS) is 19.4. The zero-order valence-electron chi connectivity index (χ0n) is 12.5. The average molecular weight is 293 g/mol. The Balaban J connectivity index is 1.70. The maximum absolute atomic E-state index is 12.0. The highest BCUT2D eigenvalue weighted by Gasteiger charge is 2.52. The monoisotopic (exact) mass is 293 g/mol. The summed E-state index contributed by atoms with van der Waals surface area (Å²) in [7, 11) is -1.55. The second-order valence-electron chi connectivity index (χ2n) is 6.92. The first-order valence-electron chi connectivity index (χ1n) is 7.12. The zero-order chi connectivity index (χ0) is 15.4. The van der Waals surface area contributed by atoms with Gasteiger partial charge in [-0.25, -0.2) is 4.79 Å². The first-order valence-corrected chi connectivity index (χ1v) is 7.12. The lowest BCUT2D eigenvalue weighted by molar-refractivity contribution is -0.00969. The summed E-state index contributed by atoms with van der Waals surface area (Å²) in [5, 5.41) is 22.6. The molecule has 0 saturated carbocycles. The fourth-order valence-corrected chi connectivity index (χ4v) is 3.07. The lowest BCUT2D eigenvalue weighted by Crippen LogP contribution is -2.61. The first-order chi connectivity index (χ1) is 9.70. The van der Waals surface area contributed by atoms with Gasteiger partial charge in [0.25, 0.3) is 0 Å². The molecule has 0 unspecified atom stereocenters. The molecule has 1 fully saturated rings. The van der Waals surface area contributed by atoms with Gasteiger partial charge in [0, 0.05) is 30.7 Å². The number of likely N-dealkylation sites (tertiary alicyclic amines) is 1. The van der Waals surface area contributed by atoms with Crippen molar-refractivity contribution in [1.82, 2.24) is 14.7 Å². The molecule has 114 valence electrons. The maximum Gasteiger partial charge on any atom is 0.510 e. The Morgan fingerprint density at radius 1 is 1.43 bits per heavy atom. The highest BCUT2D eigenvalue weighted by atomic mass is 16.6. The molecular weight excluding hydrogens is 273 g/mol. The Morgan fingerprint density at radius 3 is 2.67 bits per heavy atom. The number of nitrogens with zero attached hydrogens (tertiary/aromatic N) is 3. The van der Waals surface area contributed by atoms with Crippen molar-refractivity contribution >= 4 is 18.8 Å². The summed E-state index contributed by atoms with van der Waals surface area (Å²) in [6, 6.07) is 1.73. The summed E-state index contributed by atoms with van der Waals surface area (Å²) in [4.78, 5) is 13.7. The number of aryl methyl sites for hydroxylation is 1. The number of carbonyl (C=O) groups excluding carboxylic acids is 1. The minimum Gasteiger partial charge on any atom is -0.444 e. The largest absolute Gasteiger partial charge is 0.510 e. The lowest BCUT2D eigenvalue weighted by atomic mass is 9.75. The third-order valence-corrected chi connectivity index (χ3v) is 4.05. The third-order valence-electron chi connectivity index (χ3n) is 4.05. The number of rotatable bonds is 1. The van der Waals surface area contributed by atoms with Gasteiger partial charge >= 0.3 is 13.2 Å². The molecule has 1 amide bonds. The number of carbonyl (C=O) groups is 1. The fourth-order valence-electron chi connectivity index (χ4n) is 3.07. The van der Waals surface area contributed by atoms with Gasteiger partial charge in [-0.2, -0.15) is 5.10 Å². The summed E-state index contributed by atoms with van der Waals surface area (Å²) < 4.78 is 7.17. The Bertz CT molecular complexity index is 572. The van der Waals surface area contributed by atoms with E-state index in [-0.39, 0.29) is 17.1 Å². The third kappa shape index (κ3) is 2.42. The van der Waals surface area contributed by atoms with E-state index in [0.717, 1.165) is 18.7 Å². The van der Waals surface area contributed by atoms with Crippen molar-refractivity contribution in [3.05, 3.63) is 11.8 Å². The van der Waals surface area contributed by atoms with Gasteiger partial charge in [-0.1, -0.05) is 0 Å². The van der Waals surface area contributed by atoms with Gasteiger partial charge in [0.1, 0.15) is 5.60 Å². The number of amides is 1. The van der Waals surface area contributed by atoms with E-state index in [1.165, 1.54) is 0 Å². The molecule has 1 spiro atoms. The summed E-state index contributed by atoms with van der Waals surface area (Å²) in [6.07, 6.45) is 0.615. The predicted octanol–water partition coefficient (Wildman–Crippen LogP) is -0.545. The van der Waals surface area contributed by atoms with Crippen LogP contribution in [0.3, 0.4) is 0 Å². The van der Waals surface area contributed by atoms with Gasteiger partial charge in [0.05, 0.1) is 5.59 Å². The van der Waals surface area contributed by atoms with Crippen LogP contribution in [0.2, 0.25) is 0 Å². The molecular formula is C13H20BN3O4. The molecule has 1 aromatic heterocycles. The molecule has 1 aromatic rings. The molecule has 8 heteroatoms. The number of fused-ring (bicyclic) bond motifs is 2. The van der Waals surface area contributed by atoms with Crippen LogP contribution in [0, 0.1) is 0 Å². The van der Waals surface area contributed by atoms with Crippen molar-refractivity contribution < 1.29 is 19.6 Å². The van der Waals surface area contributed by atoms with E-state index >= 15 is 0 Å². The highest BCUT2D eigenvalue weighted by Crippen LogP contribution is 2.42. The van der Waals surface area contributed by atoms with E-state index in [2.05, 4.69) is 5.10 Å². The molecule has 0 aromatic carbocycles. The van der Waals surface area contributed by atoms with Crippen LogP contribution in [0.5, 0.6) is 0 Å². The SMILES string of the molecule is CC(C)(C)OC(=O)N1CC2(CCn3nc(B(O)O)cc32)C1. The Morgan fingerprint density at radius 2 is 2.10 bits per heavy atom. The van der Waals surface area contributed by atoms with Crippen molar-refractivity contribution in [3.8, 4) is 0 Å². The minimum absolute atomic E-state index is 0.114. The van der Waals surface area contributed by atoms with Gasteiger partial charge in [-0.3, -0.25) is 4.68 Å². The van der Waals surface area contributed by atoms with Crippen LogP contribution in [-0.4, -0.2) is 56.6 Å². The van der Waals surface area contributed by atoms with Crippen LogP contribution in [0.15, 0.2) is 6.07 Å². The summed E-state index contributed by atoms with van der Waals surface area (Å²) in [5.74, 6) is 0. The van der Waals surface area contributed by atoms with Crippen LogP contribution in [0.4, 0.5) is 4.79 Å². The first kappa shape index (κ1) is 14.4. The Labute approximate surface area is 123 Å². The van der Waals surface area contributed by atoms with Crippen LogP contribution in [0.1, 0.15) is 32.9 Å². The van der Waals surface area contributed by atoms with Crippen LogP contribution in [0.25, 0.3) is 0 Å². The van der Waals surface area contributed by atoms with Gasteiger partial charge in [0.2, 0.25) is 0 Å². The van der Waals surface area contributed by atoms with E-state index in [1.807, 2.05) is 20.8 Å². The molecule has 1 saturated heterocycles. The van der Waals surface area contributed by atoms with E-state index in [1.54, 1.807) is 15.6 Å². The van der Waals surface area contributed by atoms with Gasteiger partial charge in [-0.05, 0) is 33.3 Å². The predicted molar refractivity (Wildman–Crippen MR) is 76.2 cm³/mol. The van der Waals surface area contributed by atoms with Crippen LogP contribution >= 0.6 is 0 Å². The topological polar surface area (TPSA) is 87.8 Å². The molecule has 3 heterocycles. The van der Waals surface area contributed by atoms with Gasteiger partial charge < -0.3 is 19.7 Å². The fraction of sp³-hybridized carbons (Fsp3) is 0.692. The minimum atomic E-state index is -1.55. The summed E-state index contributed by atoms with van der Waals surface area (Å²) in [6.45, 7) is 7.47. The molecule has 2 aliphatic rings. The van der Waals surface area contributed by atoms with Crippen molar-refractivity contribution in [1.29, 1.82) is 0 Å². The second kappa shape index (κ2) is 4.48. The number of hydrogen-bond donors (Lipinski definition) is 2. The number of aromatic nitrogens is 2. The molecule has 0 atom stereocenters. The molecule has 0 aliphatic carbocycles. The van der Waals surface area contributed by atoms with Crippen molar-refractivity contribution in [2.24, 2.45) is 0 Å². The quantitative estimate of drug-likeness (QED) is 0.679. The van der Waals surface area contributed by atoms with E-state index in [0.29, 0.717) is 13.1 Å². The smallest absolute Gasteiger partial charge is 0.444 e. The summed E-state index contributed by atoms with van der Waals surface area (Å²) >= 11 is 0.